The first kappa shape index (κ1) is 39.0. The third kappa shape index (κ3) is 9.80. The van der Waals surface area contributed by atoms with E-state index in [1.165, 1.54) is 50.1 Å². The van der Waals surface area contributed by atoms with Gasteiger partial charge in [0.25, 0.3) is 5.91 Å². The van der Waals surface area contributed by atoms with Crippen LogP contribution in [-0.4, -0.2) is 90.4 Å². The predicted octanol–water partition coefficient (Wildman–Crippen LogP) is 3.10. The van der Waals surface area contributed by atoms with Gasteiger partial charge in [-0.1, -0.05) is 36.4 Å². The van der Waals surface area contributed by atoms with Crippen LogP contribution >= 0.6 is 11.8 Å². The average molecular weight is 764 g/mol. The van der Waals surface area contributed by atoms with Crippen LogP contribution in [0.15, 0.2) is 84.1 Å². The highest BCUT2D eigenvalue weighted by atomic mass is 32.2. The number of esters is 2. The molecule has 1 fully saturated rings. The zero-order valence-electron chi connectivity index (χ0n) is 29.4. The monoisotopic (exact) mass is 763 g/mol. The van der Waals surface area contributed by atoms with Crippen LogP contribution in [0.1, 0.15) is 29.7 Å². The highest BCUT2D eigenvalue weighted by Gasteiger charge is 2.54. The molecule has 3 aromatic rings. The van der Waals surface area contributed by atoms with E-state index in [0.717, 1.165) is 10.5 Å². The Kier molecular flexibility index (Phi) is 13.0. The number of nitrogens with zero attached hydrogens (tertiary/aromatic N) is 1. The van der Waals surface area contributed by atoms with E-state index < -0.39 is 59.9 Å². The van der Waals surface area contributed by atoms with Crippen LogP contribution in [0.4, 0.5) is 4.79 Å². The molecule has 0 radical (unpaired) electrons. The van der Waals surface area contributed by atoms with Crippen LogP contribution in [0.25, 0.3) is 0 Å². The summed E-state index contributed by atoms with van der Waals surface area (Å²) in [5, 5.41) is 14.3. The number of alkyl carbamates (subject to hydrolysis) is 1. The molecule has 3 atom stereocenters. The van der Waals surface area contributed by atoms with E-state index in [1.807, 2.05) is 0 Å². The molecule has 0 aliphatic carbocycles. The van der Waals surface area contributed by atoms with Gasteiger partial charge in [-0.15, -0.1) is 11.8 Å². The molecule has 3 amide bonds. The molecule has 0 spiro atoms. The molecule has 16 nitrogen and oxygen atoms in total. The second-order valence-electron chi connectivity index (χ2n) is 11.8. The molecular weight excluding hydrogens is 726 g/mol. The summed E-state index contributed by atoms with van der Waals surface area (Å²) in [4.78, 5) is 76.8. The SMILES string of the molecule is COc1ccc(COC(=O)COc2ccc(C(NC(=O)OCc3ccc(OC)cc3)C(=O)N[C@@H]3C(=O)N4C(C(=O)O)=C(COC(C)=O)CS[C@@H]34)cc2)cc1. The van der Waals surface area contributed by atoms with E-state index in [0.29, 0.717) is 17.1 Å². The fourth-order valence-corrected chi connectivity index (χ4v) is 6.70. The smallest absolute Gasteiger partial charge is 0.408 e. The van der Waals surface area contributed by atoms with Crippen molar-refractivity contribution in [1.29, 1.82) is 0 Å². The number of thioether (sulfide) groups is 1. The fourth-order valence-electron chi connectivity index (χ4n) is 5.38. The summed E-state index contributed by atoms with van der Waals surface area (Å²) in [6.45, 7) is 0.395. The van der Waals surface area contributed by atoms with E-state index in [4.69, 9.17) is 28.4 Å². The highest BCUT2D eigenvalue weighted by molar-refractivity contribution is 8.00. The van der Waals surface area contributed by atoms with Crippen molar-refractivity contribution in [3.8, 4) is 17.2 Å². The van der Waals surface area contributed by atoms with Gasteiger partial charge in [0.1, 0.15) is 60.2 Å². The minimum Gasteiger partial charge on any atom is -0.497 e. The number of amides is 3. The van der Waals surface area contributed by atoms with Gasteiger partial charge in [0.2, 0.25) is 5.91 Å². The Hall–Kier alpha value is -6.23. The minimum atomic E-state index is -1.38. The number of nitrogens with one attached hydrogen (secondary N) is 2. The molecule has 0 aromatic heterocycles. The number of β-lactam (4-membered cyclic amide) rings is 1. The lowest BCUT2D eigenvalue weighted by atomic mass is 10.0. The molecule has 1 saturated heterocycles. The number of carbonyl (C=O) groups excluding carboxylic acids is 5. The van der Waals surface area contributed by atoms with Gasteiger partial charge < -0.3 is 44.2 Å². The number of carboxylic acids is 1. The van der Waals surface area contributed by atoms with E-state index in [2.05, 4.69) is 10.6 Å². The Bertz CT molecular complexity index is 1900. The first-order valence-electron chi connectivity index (χ1n) is 16.4. The largest absolute Gasteiger partial charge is 0.497 e. The van der Waals surface area contributed by atoms with Crippen molar-refractivity contribution in [2.45, 2.75) is 37.6 Å². The maximum absolute atomic E-state index is 13.8. The minimum absolute atomic E-state index is 0.0339. The number of benzene rings is 3. The molecule has 284 valence electrons. The normalized spacial score (nSPS) is 16.5. The van der Waals surface area contributed by atoms with Crippen molar-refractivity contribution < 1.29 is 62.3 Å². The standard InChI is InChI=1S/C37H37N3O13S/c1-21(41)50-18-25-20-54-35-31(34(44)40(35)32(25)36(45)46)38-33(43)30(39-37(47)53-17-23-6-12-27(49-3)13-7-23)24-8-14-28(15-9-24)51-19-29(42)52-16-22-4-10-26(48-2)11-5-22/h4-15,30-31,35H,16-20H2,1-3H3,(H,38,43)(H,39,47)(H,45,46)/t30?,31-,35+/m1/s1. The van der Waals surface area contributed by atoms with Crippen LogP contribution in [0, 0.1) is 0 Å². The molecule has 2 heterocycles. The van der Waals surface area contributed by atoms with E-state index in [1.54, 1.807) is 55.6 Å². The van der Waals surface area contributed by atoms with Crippen molar-refractivity contribution in [3.63, 3.8) is 0 Å². The summed E-state index contributed by atoms with van der Waals surface area (Å²) in [6.07, 6.45) is -0.939. The first-order chi connectivity index (χ1) is 26.0. The third-order valence-electron chi connectivity index (χ3n) is 8.18. The Morgan fingerprint density at radius 1 is 0.815 bits per heavy atom. The van der Waals surface area contributed by atoms with Gasteiger partial charge in [-0.25, -0.2) is 14.4 Å². The summed E-state index contributed by atoms with van der Waals surface area (Å²) in [5.41, 5.74) is 1.62. The van der Waals surface area contributed by atoms with Crippen LogP contribution in [0.3, 0.4) is 0 Å². The van der Waals surface area contributed by atoms with Crippen molar-refractivity contribution >= 4 is 47.6 Å². The number of carbonyl (C=O) groups is 6. The molecule has 54 heavy (non-hydrogen) atoms. The molecule has 3 aromatic carbocycles. The second-order valence-corrected chi connectivity index (χ2v) is 12.9. The molecule has 17 heteroatoms. The van der Waals surface area contributed by atoms with Gasteiger partial charge in [0.05, 0.1) is 14.2 Å². The number of fused-ring (bicyclic) bond motifs is 1. The number of hydrogen-bond acceptors (Lipinski definition) is 13. The topological polar surface area (TPSA) is 205 Å². The Morgan fingerprint density at radius 2 is 1.39 bits per heavy atom. The lowest BCUT2D eigenvalue weighted by molar-refractivity contribution is -0.151. The molecule has 0 bridgehead atoms. The average Bonchev–Trinajstić information content (AvgIpc) is 3.18. The number of hydrogen-bond donors (Lipinski definition) is 3. The van der Waals surface area contributed by atoms with Crippen LogP contribution in [-0.2, 0) is 51.4 Å². The van der Waals surface area contributed by atoms with Gasteiger partial charge in [0.15, 0.2) is 6.61 Å². The van der Waals surface area contributed by atoms with Crippen molar-refractivity contribution in [2.75, 3.05) is 33.2 Å². The number of rotatable bonds is 16. The number of methoxy groups -OCH3 is 2. The summed E-state index contributed by atoms with van der Waals surface area (Å²) >= 11 is 1.19. The Labute approximate surface area is 313 Å². The second kappa shape index (κ2) is 18.0. The fraction of sp³-hybridized carbons (Fsp3) is 0.297. The molecule has 2 aliphatic heterocycles. The Morgan fingerprint density at radius 3 is 1.94 bits per heavy atom. The number of ether oxygens (including phenoxy) is 6. The maximum Gasteiger partial charge on any atom is 0.408 e. The summed E-state index contributed by atoms with van der Waals surface area (Å²) in [5.74, 6) is -2.40. The van der Waals surface area contributed by atoms with Crippen LogP contribution in [0.2, 0.25) is 0 Å². The number of aliphatic carboxylic acids is 1. The quantitative estimate of drug-likeness (QED) is 0.109. The number of carboxylic acid groups (broad SMARTS) is 1. The van der Waals surface area contributed by atoms with Crippen LogP contribution in [0.5, 0.6) is 17.2 Å². The van der Waals surface area contributed by atoms with E-state index in [9.17, 15) is 33.9 Å². The zero-order chi connectivity index (χ0) is 38.8. The van der Waals surface area contributed by atoms with Crippen molar-refractivity contribution in [3.05, 3.63) is 101 Å². The molecule has 0 saturated carbocycles. The summed E-state index contributed by atoms with van der Waals surface area (Å²) in [6, 6.07) is 17.3. The van der Waals surface area contributed by atoms with Gasteiger partial charge in [0, 0.05) is 18.2 Å². The molecule has 3 N–H and O–H groups in total. The zero-order valence-corrected chi connectivity index (χ0v) is 30.2. The predicted molar refractivity (Wildman–Crippen MR) is 190 cm³/mol. The van der Waals surface area contributed by atoms with Gasteiger partial charge in [-0.3, -0.25) is 19.3 Å². The van der Waals surface area contributed by atoms with Crippen molar-refractivity contribution in [2.24, 2.45) is 0 Å². The van der Waals surface area contributed by atoms with E-state index >= 15 is 0 Å². The summed E-state index contributed by atoms with van der Waals surface area (Å²) < 4.78 is 31.4. The molecule has 1 unspecified atom stereocenters. The Balaban J connectivity index is 1.25. The molecule has 5 rings (SSSR count). The van der Waals surface area contributed by atoms with Gasteiger partial charge in [-0.05, 0) is 53.1 Å². The first-order valence-corrected chi connectivity index (χ1v) is 17.4. The van der Waals surface area contributed by atoms with Gasteiger partial charge >= 0.3 is 24.0 Å². The maximum atomic E-state index is 13.8. The highest BCUT2D eigenvalue weighted by Crippen LogP contribution is 2.40. The lowest BCUT2D eigenvalue weighted by Gasteiger charge is -2.49. The molecular formula is C37H37N3O13S. The van der Waals surface area contributed by atoms with E-state index in [-0.39, 0.29) is 48.2 Å². The van der Waals surface area contributed by atoms with Crippen molar-refractivity contribution in [1.82, 2.24) is 15.5 Å². The van der Waals surface area contributed by atoms with Crippen LogP contribution < -0.4 is 24.8 Å². The summed E-state index contributed by atoms with van der Waals surface area (Å²) in [7, 11) is 3.07. The van der Waals surface area contributed by atoms with Gasteiger partial charge in [-0.2, -0.15) is 0 Å². The molecule has 2 aliphatic rings. The lowest BCUT2D eigenvalue weighted by Crippen LogP contribution is -2.71. The third-order valence-corrected chi connectivity index (χ3v) is 9.52.